The van der Waals surface area contributed by atoms with Gasteiger partial charge < -0.3 is 5.32 Å². The second-order valence-electron chi connectivity index (χ2n) is 0.887. The summed E-state index contributed by atoms with van der Waals surface area (Å²) >= 11 is 0. The maximum atomic E-state index is 6.93. The van der Waals surface area contributed by atoms with Crippen molar-refractivity contribution >= 4 is 6.19 Å². The molecule has 1 N–H and O–H groups in total. The molecule has 1 rings (SSSR count). The normalized spacial score (nSPS) is 36.0. The highest BCUT2D eigenvalue weighted by Gasteiger charge is 1.73. The van der Waals surface area contributed by atoms with Crippen molar-refractivity contribution < 1.29 is 2.74 Å². The maximum absolute atomic E-state index is 6.93. The first-order valence-corrected chi connectivity index (χ1v) is 1.68. The van der Waals surface area contributed by atoms with Gasteiger partial charge >= 0.3 is 0 Å². The monoisotopic (exact) mass is 84.1 g/mol. The summed E-state index contributed by atoms with van der Waals surface area (Å²) in [5.41, 5.74) is 0. The molecule has 1 aliphatic heterocycles. The van der Waals surface area contributed by atoms with Gasteiger partial charge in [-0.05, 0) is 12.3 Å². The van der Waals surface area contributed by atoms with Gasteiger partial charge in [0.25, 0.3) is 0 Å². The van der Waals surface area contributed by atoms with E-state index in [0.29, 0.717) is 0 Å². The van der Waals surface area contributed by atoms with E-state index in [1.54, 1.807) is 6.20 Å². The molecule has 1 aliphatic rings. The first kappa shape index (κ1) is 1.78. The minimum Gasteiger partial charge on any atom is -0.372 e. The lowest BCUT2D eigenvalue weighted by atomic mass is 10.6. The van der Waals surface area contributed by atoms with Crippen molar-refractivity contribution in [2.75, 3.05) is 6.64 Å². The Hall–Kier alpha value is -0.790. The zero-order valence-electron chi connectivity index (χ0n) is 5.18. The molecule has 1 unspecified atom stereocenters. The zero-order valence-corrected chi connectivity index (χ0v) is 3.18. The third-order valence-corrected chi connectivity index (χ3v) is 0.468. The quantitative estimate of drug-likeness (QED) is 0.443. The van der Waals surface area contributed by atoms with Crippen molar-refractivity contribution in [2.24, 2.45) is 4.99 Å². The van der Waals surface area contributed by atoms with Crippen molar-refractivity contribution in [3.05, 3.63) is 12.3 Å². The molecular formula is C4H6N2. The topological polar surface area (TPSA) is 24.4 Å². The number of allylic oxidation sites excluding steroid dienone is 1. The van der Waals surface area contributed by atoms with E-state index in [9.17, 15) is 0 Å². The lowest BCUT2D eigenvalue weighted by Gasteiger charge is -1.94. The molecule has 1 heterocycles. The van der Waals surface area contributed by atoms with Crippen LogP contribution in [0.4, 0.5) is 0 Å². The van der Waals surface area contributed by atoms with Gasteiger partial charge in [0.2, 0.25) is 0 Å². The molecule has 0 radical (unpaired) electrons. The first-order chi connectivity index (χ1) is 3.79. The van der Waals surface area contributed by atoms with Crippen molar-refractivity contribution in [1.29, 1.82) is 0 Å². The van der Waals surface area contributed by atoms with E-state index in [-0.39, 0.29) is 6.19 Å². The van der Waals surface area contributed by atoms with E-state index in [2.05, 4.69) is 10.3 Å². The molecule has 0 spiro atoms. The summed E-state index contributed by atoms with van der Waals surface area (Å²) in [7, 11) is 0. The van der Waals surface area contributed by atoms with Crippen LogP contribution in [0.3, 0.4) is 0 Å². The van der Waals surface area contributed by atoms with Crippen LogP contribution in [0.2, 0.25) is 0 Å². The Morgan fingerprint density at radius 2 is 3.17 bits per heavy atom. The van der Waals surface area contributed by atoms with Crippen LogP contribution in [0, 0.1) is 0 Å². The van der Waals surface area contributed by atoms with Gasteiger partial charge in [-0.2, -0.15) is 0 Å². The van der Waals surface area contributed by atoms with Gasteiger partial charge in [-0.15, -0.1) is 0 Å². The smallest absolute Gasteiger partial charge is 0.107 e. The largest absolute Gasteiger partial charge is 0.372 e. The van der Waals surface area contributed by atoms with Gasteiger partial charge in [0.05, 0.1) is 2.74 Å². The van der Waals surface area contributed by atoms with E-state index in [1.807, 2.05) is 0 Å². The van der Waals surface area contributed by atoms with Gasteiger partial charge in [0, 0.05) is 6.19 Å². The third kappa shape index (κ3) is 0.578. The fourth-order valence-electron chi connectivity index (χ4n) is 0.246. The molecule has 0 saturated carbocycles. The lowest BCUT2D eigenvalue weighted by Crippen LogP contribution is -2.06. The number of hydrogen-bond donors (Lipinski definition) is 1. The molecule has 0 saturated heterocycles. The SMILES string of the molecule is [2H]C1=NC([2H])NC=C1. The number of nitrogens with one attached hydrogen (secondary N) is 1. The molecule has 2 nitrogen and oxygen atoms in total. The summed E-state index contributed by atoms with van der Waals surface area (Å²) in [6.07, 6.45) is 3.21. The molecule has 1 atom stereocenters. The van der Waals surface area contributed by atoms with Crippen LogP contribution in [0.5, 0.6) is 0 Å². The third-order valence-electron chi connectivity index (χ3n) is 0.468. The Balaban J connectivity index is 2.63. The molecule has 2 heteroatoms. The molecule has 0 aromatic heterocycles. The second-order valence-corrected chi connectivity index (χ2v) is 0.887. The summed E-state index contributed by atoms with van der Waals surface area (Å²) in [6, 6.07) is 0. The van der Waals surface area contributed by atoms with E-state index in [1.165, 1.54) is 6.08 Å². The predicted octanol–water partition coefficient (Wildman–Crippen LogP) is 0.132. The first-order valence-electron chi connectivity index (χ1n) is 2.76. The average molecular weight is 84.1 g/mol. The molecule has 32 valence electrons. The molecule has 0 amide bonds. The van der Waals surface area contributed by atoms with Crippen LogP contribution in [-0.2, 0) is 0 Å². The van der Waals surface area contributed by atoms with E-state index < -0.39 is 6.64 Å². The van der Waals surface area contributed by atoms with Gasteiger partial charge in [-0.25, -0.2) is 0 Å². The van der Waals surface area contributed by atoms with Crippen LogP contribution >= 0.6 is 0 Å². The summed E-state index contributed by atoms with van der Waals surface area (Å²) in [6.45, 7) is -0.674. The number of aliphatic imine (C=N–C) groups is 1. The molecule has 6 heavy (non-hydrogen) atoms. The molecule has 0 bridgehead atoms. The highest BCUT2D eigenvalue weighted by atomic mass is 15.0. The van der Waals surface area contributed by atoms with E-state index in [0.717, 1.165) is 0 Å². The van der Waals surface area contributed by atoms with Crippen LogP contribution in [0.15, 0.2) is 17.3 Å². The van der Waals surface area contributed by atoms with Crippen LogP contribution in [0.25, 0.3) is 0 Å². The zero-order chi connectivity index (χ0) is 5.98. The number of rotatable bonds is 0. The predicted molar refractivity (Wildman–Crippen MR) is 25.6 cm³/mol. The van der Waals surface area contributed by atoms with E-state index >= 15 is 0 Å². The highest BCUT2D eigenvalue weighted by Crippen LogP contribution is 1.71. The van der Waals surface area contributed by atoms with Gasteiger partial charge in [0.15, 0.2) is 0 Å². The van der Waals surface area contributed by atoms with E-state index in [4.69, 9.17) is 2.74 Å². The van der Waals surface area contributed by atoms with Gasteiger partial charge in [-0.3, -0.25) is 4.99 Å². The second kappa shape index (κ2) is 1.60. The summed E-state index contributed by atoms with van der Waals surface area (Å²) < 4.78 is 13.8. The highest BCUT2D eigenvalue weighted by molar-refractivity contribution is 5.71. The number of nitrogens with zero attached hydrogens (tertiary/aromatic N) is 1. The molecule has 0 aliphatic carbocycles. The fraction of sp³-hybridized carbons (Fsp3) is 0.250. The minimum atomic E-state index is -0.674. The molecule has 0 aromatic rings. The fourth-order valence-corrected chi connectivity index (χ4v) is 0.246. The maximum Gasteiger partial charge on any atom is 0.107 e. The van der Waals surface area contributed by atoms with Crippen molar-refractivity contribution in [3.8, 4) is 0 Å². The standard InChI is InChI=1S/C4H6N2/c1-2-5-4-6-3-1/h1-3,5H,4H2/i3D,4D. The Kier molecular flexibility index (Phi) is 0.473. The molecular weight excluding hydrogens is 76.1 g/mol. The van der Waals surface area contributed by atoms with Crippen LogP contribution < -0.4 is 5.32 Å². The van der Waals surface area contributed by atoms with Crippen molar-refractivity contribution in [1.82, 2.24) is 5.32 Å². The lowest BCUT2D eigenvalue weighted by molar-refractivity contribution is 0.879. The Labute approximate surface area is 39.4 Å². The van der Waals surface area contributed by atoms with Crippen LogP contribution in [0.1, 0.15) is 2.74 Å². The molecule has 0 fully saturated rings. The average Bonchev–Trinajstić information content (AvgIpc) is 1.64. The van der Waals surface area contributed by atoms with Crippen molar-refractivity contribution in [2.45, 2.75) is 0 Å². The summed E-state index contributed by atoms with van der Waals surface area (Å²) in [5.74, 6) is 0. The Morgan fingerprint density at radius 3 is 3.67 bits per heavy atom. The summed E-state index contributed by atoms with van der Waals surface area (Å²) in [4.78, 5) is 3.53. The molecule has 0 aromatic carbocycles. The minimum absolute atomic E-state index is 0.156. The van der Waals surface area contributed by atoms with Crippen molar-refractivity contribution in [3.63, 3.8) is 0 Å². The Bertz CT molecular complexity index is 141. The van der Waals surface area contributed by atoms with Gasteiger partial charge in [-0.1, -0.05) is 0 Å². The number of hydrogen-bond acceptors (Lipinski definition) is 2. The van der Waals surface area contributed by atoms with Gasteiger partial charge in [0.1, 0.15) is 6.64 Å². The summed E-state index contributed by atoms with van der Waals surface area (Å²) in [5, 5.41) is 2.59. The Morgan fingerprint density at radius 1 is 2.17 bits per heavy atom. The van der Waals surface area contributed by atoms with Crippen LogP contribution in [-0.4, -0.2) is 12.8 Å².